The third kappa shape index (κ3) is 9.14. The molecule has 0 aliphatic carbocycles. The molecule has 14 nitrogen and oxygen atoms in total. The normalized spacial score (nSPS) is 35.5. The van der Waals surface area contributed by atoms with Crippen LogP contribution in [0.15, 0.2) is 12.2 Å². The predicted octanol–water partition coefficient (Wildman–Crippen LogP) is -2.26. The van der Waals surface area contributed by atoms with Crippen LogP contribution in [0.25, 0.3) is 0 Å². The highest BCUT2D eigenvalue weighted by Gasteiger charge is 2.52. The van der Waals surface area contributed by atoms with Crippen molar-refractivity contribution in [1.82, 2.24) is 0 Å². The van der Waals surface area contributed by atoms with E-state index in [1.165, 1.54) is 14.2 Å². The average molecular weight is 580 g/mol. The first-order valence-corrected chi connectivity index (χ1v) is 13.5. The number of carbonyl (C=O) groups excluding carboxylic acids is 2. The van der Waals surface area contributed by atoms with Crippen molar-refractivity contribution in [2.75, 3.05) is 27.4 Å². The van der Waals surface area contributed by atoms with E-state index in [1.54, 1.807) is 6.08 Å². The molecule has 0 radical (unpaired) electrons. The van der Waals surface area contributed by atoms with E-state index in [9.17, 15) is 40.2 Å². The van der Waals surface area contributed by atoms with Gasteiger partial charge in [-0.25, -0.2) is 0 Å². The monoisotopic (exact) mass is 579 g/mol. The molecule has 0 bridgehead atoms. The lowest BCUT2D eigenvalue weighted by Gasteiger charge is -2.47. The van der Waals surface area contributed by atoms with E-state index >= 15 is 0 Å². The zero-order valence-electron chi connectivity index (χ0n) is 23.1. The number of carboxylic acids is 1. The van der Waals surface area contributed by atoms with E-state index < -0.39 is 98.9 Å². The van der Waals surface area contributed by atoms with Crippen molar-refractivity contribution in [1.29, 1.82) is 0 Å². The highest BCUT2D eigenvalue weighted by Crippen LogP contribution is 2.32. The van der Waals surface area contributed by atoms with Crippen LogP contribution < -0.4 is 5.11 Å². The number of methoxy groups -OCH3 is 2. The molecule has 2 aliphatic rings. The second kappa shape index (κ2) is 17.3. The molecule has 0 amide bonds. The Labute approximate surface area is 233 Å². The van der Waals surface area contributed by atoms with E-state index in [0.29, 0.717) is 0 Å². The lowest BCUT2D eigenvalue weighted by Crippen LogP contribution is -2.65. The van der Waals surface area contributed by atoms with Gasteiger partial charge < -0.3 is 63.9 Å². The van der Waals surface area contributed by atoms with Gasteiger partial charge >= 0.3 is 5.97 Å². The summed E-state index contributed by atoms with van der Waals surface area (Å²) >= 11 is 0. The fourth-order valence-corrected chi connectivity index (χ4v) is 4.72. The Morgan fingerprint density at radius 2 is 1.52 bits per heavy atom. The topological polar surface area (TPSA) is 214 Å². The van der Waals surface area contributed by atoms with Crippen molar-refractivity contribution in [3.63, 3.8) is 0 Å². The van der Waals surface area contributed by atoms with Crippen LogP contribution >= 0.6 is 0 Å². The summed E-state index contributed by atoms with van der Waals surface area (Å²) in [7, 11) is 2.47. The zero-order valence-corrected chi connectivity index (χ0v) is 23.1. The molecule has 2 fully saturated rings. The summed E-state index contributed by atoms with van der Waals surface area (Å²) in [6.07, 6.45) is -7.74. The minimum atomic E-state index is -1.66. The average Bonchev–Trinajstić information content (AvgIpc) is 2.93. The second-order valence-electron chi connectivity index (χ2n) is 9.84. The maximum Gasteiger partial charge on any atom is 0.310 e. The number of carboxylic acid groups (broad SMARTS) is 1. The molecule has 0 aromatic rings. The largest absolute Gasteiger partial charge is 0.550 e. The van der Waals surface area contributed by atoms with Crippen molar-refractivity contribution in [2.24, 2.45) is 5.92 Å². The SMILES string of the molecule is CCCCC/C=C/CC(CC(=O)[O-])C(=O)O[C@H]1[C@@H](O[C@H]2[C@H](O)[C@@H](O)[C@@H](OC)O[C@@H]2CO)O[C@H](CO)[C@@H](OC)[C@@H]1O. The molecule has 11 atom stereocenters. The van der Waals surface area contributed by atoms with Crippen molar-refractivity contribution in [3.05, 3.63) is 12.2 Å². The molecule has 0 aromatic heterocycles. The Morgan fingerprint density at radius 1 is 0.875 bits per heavy atom. The van der Waals surface area contributed by atoms with Crippen molar-refractivity contribution in [2.45, 2.75) is 107 Å². The molecule has 2 aliphatic heterocycles. The van der Waals surface area contributed by atoms with Crippen LogP contribution in [0.4, 0.5) is 0 Å². The maximum absolute atomic E-state index is 13.1. The smallest absolute Gasteiger partial charge is 0.310 e. The first kappa shape index (κ1) is 34.5. The molecule has 0 saturated carbocycles. The quantitative estimate of drug-likeness (QED) is 0.0742. The van der Waals surface area contributed by atoms with Gasteiger partial charge in [0.15, 0.2) is 18.7 Å². The Balaban J connectivity index is 2.27. The number of aliphatic carboxylic acids is 1. The molecule has 2 saturated heterocycles. The van der Waals surface area contributed by atoms with Gasteiger partial charge in [-0.05, 0) is 19.3 Å². The lowest BCUT2D eigenvalue weighted by atomic mass is 9.96. The second-order valence-corrected chi connectivity index (χ2v) is 9.84. The molecule has 2 rings (SSSR count). The van der Waals surface area contributed by atoms with Crippen LogP contribution in [0.5, 0.6) is 0 Å². The van der Waals surface area contributed by atoms with E-state index in [-0.39, 0.29) is 6.42 Å². The Morgan fingerprint density at radius 3 is 2.10 bits per heavy atom. The molecule has 5 N–H and O–H groups in total. The Bertz CT molecular complexity index is 791. The predicted molar refractivity (Wildman–Crippen MR) is 133 cm³/mol. The number of aliphatic hydroxyl groups excluding tert-OH is 5. The molecular formula is C26H43O14-. The van der Waals surface area contributed by atoms with Crippen LogP contribution in [0.1, 0.15) is 45.4 Å². The molecule has 0 spiro atoms. The Hall–Kier alpha value is -1.72. The lowest BCUT2D eigenvalue weighted by molar-refractivity contribution is -0.359. The van der Waals surface area contributed by atoms with Crippen molar-refractivity contribution < 1.29 is 68.6 Å². The van der Waals surface area contributed by atoms with Crippen LogP contribution in [-0.2, 0) is 38.0 Å². The van der Waals surface area contributed by atoms with Gasteiger partial charge in [0.2, 0.25) is 0 Å². The number of aliphatic hydroxyl groups is 5. The van der Waals surface area contributed by atoms with Gasteiger partial charge in [-0.1, -0.05) is 31.9 Å². The molecular weight excluding hydrogens is 536 g/mol. The number of esters is 1. The standard InChI is InChI=1S/C26H44O14/c1-4-5-6-7-8-9-10-14(11-17(29)30)24(34)39-23-20(33)21(35-2)15(12-27)38-26(23)40-22-16(13-28)37-25(36-3)19(32)18(22)31/h8-9,14-16,18-23,25-28,31-33H,4-7,10-13H2,1-3H3,(H,29,30)/p-1/b9-8+/t14?,15-,16-,18-,19-,20+,21-,22-,23-,25+,26-/m1/s1. The van der Waals surface area contributed by atoms with E-state index in [2.05, 4.69) is 6.92 Å². The van der Waals surface area contributed by atoms with Crippen LogP contribution in [-0.4, -0.2) is 126 Å². The fraction of sp³-hybridized carbons (Fsp3) is 0.846. The first-order chi connectivity index (χ1) is 19.1. The number of ether oxygens (including phenoxy) is 6. The summed E-state index contributed by atoms with van der Waals surface area (Å²) < 4.78 is 32.7. The minimum absolute atomic E-state index is 0.0352. The molecule has 0 aromatic carbocycles. The molecule has 14 heteroatoms. The van der Waals surface area contributed by atoms with E-state index in [1.807, 2.05) is 6.08 Å². The zero-order chi connectivity index (χ0) is 29.8. The number of hydrogen-bond acceptors (Lipinski definition) is 14. The van der Waals surface area contributed by atoms with Gasteiger partial charge in [0, 0.05) is 26.6 Å². The number of carbonyl (C=O) groups is 2. The third-order valence-corrected chi connectivity index (χ3v) is 6.97. The van der Waals surface area contributed by atoms with Gasteiger partial charge in [0.25, 0.3) is 0 Å². The Kier molecular flexibility index (Phi) is 14.9. The molecule has 2 heterocycles. The highest BCUT2D eigenvalue weighted by atomic mass is 16.7. The summed E-state index contributed by atoms with van der Waals surface area (Å²) in [6, 6.07) is 0. The van der Waals surface area contributed by atoms with Crippen LogP contribution in [0.2, 0.25) is 0 Å². The van der Waals surface area contributed by atoms with Crippen LogP contribution in [0, 0.1) is 5.92 Å². The van der Waals surface area contributed by atoms with Gasteiger partial charge in [0.1, 0.15) is 42.7 Å². The van der Waals surface area contributed by atoms with Crippen molar-refractivity contribution >= 4 is 11.9 Å². The summed E-state index contributed by atoms with van der Waals surface area (Å²) in [4.78, 5) is 24.5. The van der Waals surface area contributed by atoms with Crippen molar-refractivity contribution in [3.8, 4) is 0 Å². The molecule has 1 unspecified atom stereocenters. The van der Waals surface area contributed by atoms with E-state index in [0.717, 1.165) is 25.7 Å². The number of rotatable bonds is 16. The summed E-state index contributed by atoms with van der Waals surface area (Å²) in [6.45, 7) is 0.765. The van der Waals surface area contributed by atoms with Crippen LogP contribution in [0.3, 0.4) is 0 Å². The molecule has 40 heavy (non-hydrogen) atoms. The number of allylic oxidation sites excluding steroid dienone is 2. The van der Waals surface area contributed by atoms with Gasteiger partial charge in [-0.15, -0.1) is 0 Å². The summed E-state index contributed by atoms with van der Waals surface area (Å²) in [5.74, 6) is -3.62. The third-order valence-electron chi connectivity index (χ3n) is 6.97. The number of hydrogen-bond donors (Lipinski definition) is 5. The summed E-state index contributed by atoms with van der Waals surface area (Å²) in [5, 5.41) is 63.0. The van der Waals surface area contributed by atoms with Gasteiger partial charge in [0.05, 0.1) is 19.1 Å². The first-order valence-electron chi connectivity index (χ1n) is 13.5. The fourth-order valence-electron chi connectivity index (χ4n) is 4.72. The molecule has 232 valence electrons. The highest BCUT2D eigenvalue weighted by molar-refractivity contribution is 5.78. The van der Waals surface area contributed by atoms with Gasteiger partial charge in [-0.3, -0.25) is 4.79 Å². The minimum Gasteiger partial charge on any atom is -0.550 e. The maximum atomic E-state index is 13.1. The summed E-state index contributed by atoms with van der Waals surface area (Å²) in [5.41, 5.74) is 0. The van der Waals surface area contributed by atoms with E-state index in [4.69, 9.17) is 28.4 Å². The number of unbranched alkanes of at least 4 members (excludes halogenated alkanes) is 3. The van der Waals surface area contributed by atoms with Gasteiger partial charge in [-0.2, -0.15) is 0 Å².